The van der Waals surface area contributed by atoms with Crippen LogP contribution in [0.25, 0.3) is 0 Å². The Kier molecular flexibility index (Phi) is 5.60. The first kappa shape index (κ1) is 16.8. The van der Waals surface area contributed by atoms with Crippen LogP contribution < -0.4 is 10.1 Å². The zero-order chi connectivity index (χ0) is 16.8. The van der Waals surface area contributed by atoms with Crippen LogP contribution in [0.5, 0.6) is 5.75 Å². The number of amides is 1. The number of rotatable bonds is 5. The predicted octanol–water partition coefficient (Wildman–Crippen LogP) is 3.53. The van der Waals surface area contributed by atoms with Gasteiger partial charge in [0.15, 0.2) is 6.10 Å². The van der Waals surface area contributed by atoms with Gasteiger partial charge in [-0.3, -0.25) is 4.79 Å². The van der Waals surface area contributed by atoms with Gasteiger partial charge in [0.1, 0.15) is 5.75 Å². The van der Waals surface area contributed by atoms with E-state index >= 15 is 0 Å². The molecule has 0 aliphatic carbocycles. The van der Waals surface area contributed by atoms with E-state index in [9.17, 15) is 9.59 Å². The molecule has 2 aromatic carbocycles. The molecule has 0 heterocycles. The van der Waals surface area contributed by atoms with E-state index in [-0.39, 0.29) is 10.6 Å². The summed E-state index contributed by atoms with van der Waals surface area (Å²) in [6, 6.07) is 13.3. The molecule has 0 radical (unpaired) electrons. The van der Waals surface area contributed by atoms with Crippen molar-refractivity contribution in [2.75, 3.05) is 12.4 Å². The molecule has 0 bridgehead atoms. The normalized spacial score (nSPS) is 11.4. The quantitative estimate of drug-likeness (QED) is 0.850. The predicted molar refractivity (Wildman–Crippen MR) is 88.0 cm³/mol. The van der Waals surface area contributed by atoms with Crippen molar-refractivity contribution in [1.82, 2.24) is 0 Å². The van der Waals surface area contributed by atoms with E-state index in [1.807, 2.05) is 0 Å². The van der Waals surface area contributed by atoms with Gasteiger partial charge < -0.3 is 14.8 Å². The molecule has 0 saturated heterocycles. The summed E-state index contributed by atoms with van der Waals surface area (Å²) in [6.07, 6.45) is -0.958. The van der Waals surface area contributed by atoms with E-state index in [1.165, 1.54) is 6.92 Å². The summed E-state index contributed by atoms with van der Waals surface area (Å²) in [5, 5.41) is 2.94. The third-order valence-electron chi connectivity index (χ3n) is 3.10. The highest BCUT2D eigenvalue weighted by molar-refractivity contribution is 6.33. The molecular weight excluding hydrogens is 318 g/mol. The number of carbonyl (C=O) groups excluding carboxylic acids is 2. The van der Waals surface area contributed by atoms with Crippen molar-refractivity contribution >= 4 is 29.2 Å². The summed E-state index contributed by atoms with van der Waals surface area (Å²) < 4.78 is 10.2. The van der Waals surface area contributed by atoms with Gasteiger partial charge in [-0.15, -0.1) is 0 Å². The topological polar surface area (TPSA) is 64.6 Å². The Morgan fingerprint density at radius 1 is 1.09 bits per heavy atom. The molecule has 23 heavy (non-hydrogen) atoms. The summed E-state index contributed by atoms with van der Waals surface area (Å²) in [4.78, 5) is 24.1. The van der Waals surface area contributed by atoms with Crippen LogP contribution in [0.3, 0.4) is 0 Å². The lowest BCUT2D eigenvalue weighted by molar-refractivity contribution is -0.123. The molecule has 1 amide bonds. The molecule has 2 rings (SSSR count). The minimum atomic E-state index is -0.958. The molecule has 0 fully saturated rings. The summed E-state index contributed by atoms with van der Waals surface area (Å²) in [7, 11) is 1.56. The van der Waals surface area contributed by atoms with Gasteiger partial charge in [0.25, 0.3) is 5.91 Å². The molecule has 0 aliphatic heterocycles. The highest BCUT2D eigenvalue weighted by Crippen LogP contribution is 2.18. The number of methoxy groups -OCH3 is 1. The van der Waals surface area contributed by atoms with Gasteiger partial charge in [-0.1, -0.05) is 23.7 Å². The Balaban J connectivity index is 1.96. The Morgan fingerprint density at radius 3 is 2.35 bits per heavy atom. The Hall–Kier alpha value is -2.53. The number of carbonyl (C=O) groups is 2. The lowest BCUT2D eigenvalue weighted by Crippen LogP contribution is -2.30. The molecule has 120 valence electrons. The monoisotopic (exact) mass is 333 g/mol. The zero-order valence-corrected chi connectivity index (χ0v) is 13.5. The number of hydrogen-bond acceptors (Lipinski definition) is 4. The van der Waals surface area contributed by atoms with Crippen LogP contribution in [0, 0.1) is 0 Å². The third-order valence-corrected chi connectivity index (χ3v) is 3.43. The number of halogens is 1. The second-order valence-corrected chi connectivity index (χ2v) is 5.15. The maximum Gasteiger partial charge on any atom is 0.340 e. The number of nitrogens with one attached hydrogen (secondary N) is 1. The van der Waals surface area contributed by atoms with E-state index in [0.29, 0.717) is 11.4 Å². The fourth-order valence-electron chi connectivity index (χ4n) is 1.82. The first-order chi connectivity index (χ1) is 11.0. The number of benzene rings is 2. The maximum absolute atomic E-state index is 12.1. The van der Waals surface area contributed by atoms with Gasteiger partial charge in [-0.05, 0) is 43.3 Å². The smallest absolute Gasteiger partial charge is 0.340 e. The largest absolute Gasteiger partial charge is 0.497 e. The fourth-order valence-corrected chi connectivity index (χ4v) is 2.04. The molecular formula is C17H16ClNO4. The molecule has 2 aromatic rings. The van der Waals surface area contributed by atoms with Gasteiger partial charge in [0.05, 0.1) is 17.7 Å². The first-order valence-electron chi connectivity index (χ1n) is 6.91. The molecule has 0 aliphatic rings. The van der Waals surface area contributed by atoms with Gasteiger partial charge in [0.2, 0.25) is 0 Å². The second kappa shape index (κ2) is 7.65. The zero-order valence-electron chi connectivity index (χ0n) is 12.7. The lowest BCUT2D eigenvalue weighted by atomic mass is 10.2. The van der Waals surface area contributed by atoms with E-state index in [2.05, 4.69) is 5.32 Å². The second-order valence-electron chi connectivity index (χ2n) is 4.75. The van der Waals surface area contributed by atoms with Crippen LogP contribution in [-0.2, 0) is 9.53 Å². The van der Waals surface area contributed by atoms with Crippen molar-refractivity contribution in [3.8, 4) is 5.75 Å². The van der Waals surface area contributed by atoms with E-state index in [1.54, 1.807) is 55.6 Å². The molecule has 6 heteroatoms. The van der Waals surface area contributed by atoms with E-state index in [4.69, 9.17) is 21.1 Å². The Labute approximate surface area is 139 Å². The average molecular weight is 334 g/mol. The van der Waals surface area contributed by atoms with Gasteiger partial charge in [0, 0.05) is 5.69 Å². The van der Waals surface area contributed by atoms with Crippen LogP contribution in [0.4, 0.5) is 5.69 Å². The average Bonchev–Trinajstić information content (AvgIpc) is 2.55. The minimum absolute atomic E-state index is 0.221. The lowest BCUT2D eigenvalue weighted by Gasteiger charge is -2.14. The fraction of sp³-hybridized carbons (Fsp3) is 0.176. The third kappa shape index (κ3) is 4.47. The summed E-state index contributed by atoms with van der Waals surface area (Å²) in [5.74, 6) is -0.398. The van der Waals surface area contributed by atoms with Crippen molar-refractivity contribution in [1.29, 1.82) is 0 Å². The summed E-state index contributed by atoms with van der Waals surface area (Å²) >= 11 is 5.93. The molecule has 1 N–H and O–H groups in total. The number of ether oxygens (including phenoxy) is 2. The van der Waals surface area contributed by atoms with Crippen molar-refractivity contribution in [3.63, 3.8) is 0 Å². The number of anilines is 1. The maximum atomic E-state index is 12.1. The molecule has 0 unspecified atom stereocenters. The van der Waals surface area contributed by atoms with Crippen molar-refractivity contribution in [2.45, 2.75) is 13.0 Å². The molecule has 1 atom stereocenters. The summed E-state index contributed by atoms with van der Waals surface area (Å²) in [6.45, 7) is 1.49. The molecule has 0 aromatic heterocycles. The highest BCUT2D eigenvalue weighted by atomic mass is 35.5. The van der Waals surface area contributed by atoms with E-state index in [0.717, 1.165) is 0 Å². The molecule has 5 nitrogen and oxygen atoms in total. The highest BCUT2D eigenvalue weighted by Gasteiger charge is 2.20. The summed E-state index contributed by atoms with van der Waals surface area (Å²) in [5.41, 5.74) is 0.801. The first-order valence-corrected chi connectivity index (χ1v) is 7.29. The Morgan fingerprint density at radius 2 is 1.74 bits per heavy atom. The molecule has 0 spiro atoms. The number of esters is 1. The van der Waals surface area contributed by atoms with E-state index < -0.39 is 18.0 Å². The van der Waals surface area contributed by atoms with Crippen molar-refractivity contribution < 1.29 is 19.1 Å². The van der Waals surface area contributed by atoms with Gasteiger partial charge in [-0.25, -0.2) is 4.79 Å². The SMILES string of the molecule is COc1ccc(NC(=O)[C@@H](C)OC(=O)c2ccccc2Cl)cc1. The van der Waals surface area contributed by atoms with Crippen molar-refractivity contribution in [2.24, 2.45) is 0 Å². The number of hydrogen-bond donors (Lipinski definition) is 1. The van der Waals surface area contributed by atoms with Crippen molar-refractivity contribution in [3.05, 3.63) is 59.1 Å². The standard InChI is InChI=1S/C17H16ClNO4/c1-11(23-17(21)14-5-3-4-6-15(14)18)16(20)19-12-7-9-13(22-2)10-8-12/h3-11H,1-2H3,(H,19,20)/t11-/m1/s1. The minimum Gasteiger partial charge on any atom is -0.497 e. The van der Waals surface area contributed by atoms with Gasteiger partial charge in [-0.2, -0.15) is 0 Å². The van der Waals surface area contributed by atoms with Crippen LogP contribution in [0.1, 0.15) is 17.3 Å². The van der Waals surface area contributed by atoms with Crippen LogP contribution >= 0.6 is 11.6 Å². The van der Waals surface area contributed by atoms with Crippen LogP contribution in [-0.4, -0.2) is 25.1 Å². The van der Waals surface area contributed by atoms with Crippen LogP contribution in [0.15, 0.2) is 48.5 Å². The van der Waals surface area contributed by atoms with Crippen LogP contribution in [0.2, 0.25) is 5.02 Å². The van der Waals surface area contributed by atoms with Gasteiger partial charge >= 0.3 is 5.97 Å². The Bertz CT molecular complexity index is 700. The molecule has 0 saturated carbocycles.